The van der Waals surface area contributed by atoms with Crippen molar-refractivity contribution in [3.05, 3.63) is 52.8 Å². The minimum Gasteiger partial charge on any atom is -0.368 e. The van der Waals surface area contributed by atoms with Gasteiger partial charge in [-0.2, -0.15) is 0 Å². The number of piperazine rings is 1. The van der Waals surface area contributed by atoms with Crippen molar-refractivity contribution in [2.75, 3.05) is 36.0 Å². The first-order valence-electron chi connectivity index (χ1n) is 7.92. The van der Waals surface area contributed by atoms with E-state index in [9.17, 15) is 4.39 Å². The molecule has 0 amide bonds. The molecule has 1 aliphatic heterocycles. The molecule has 0 N–H and O–H groups in total. The highest BCUT2D eigenvalue weighted by Gasteiger charge is 2.21. The molecule has 1 aliphatic rings. The van der Waals surface area contributed by atoms with Crippen molar-refractivity contribution in [1.82, 2.24) is 4.98 Å². The van der Waals surface area contributed by atoms with Crippen LogP contribution in [-0.2, 0) is 0 Å². The average molecular weight is 362 g/mol. The molecule has 1 aromatic heterocycles. The summed E-state index contributed by atoms with van der Waals surface area (Å²) in [5.41, 5.74) is 3.31. The molecular formula is C18H17ClFN3S. The topological polar surface area (TPSA) is 19.4 Å². The summed E-state index contributed by atoms with van der Waals surface area (Å²) in [5.74, 6) is -0.209. The van der Waals surface area contributed by atoms with Gasteiger partial charge in [-0.1, -0.05) is 29.0 Å². The van der Waals surface area contributed by atoms with Crippen molar-refractivity contribution >= 4 is 44.0 Å². The number of aryl methyl sites for hydroxylation is 1. The Kier molecular flexibility index (Phi) is 4.06. The van der Waals surface area contributed by atoms with E-state index in [1.807, 2.05) is 12.1 Å². The van der Waals surface area contributed by atoms with E-state index in [2.05, 4.69) is 27.8 Å². The van der Waals surface area contributed by atoms with Crippen LogP contribution in [0.5, 0.6) is 0 Å². The van der Waals surface area contributed by atoms with Crippen molar-refractivity contribution in [2.45, 2.75) is 6.92 Å². The maximum Gasteiger partial charge on any atom is 0.186 e. The first-order valence-corrected chi connectivity index (χ1v) is 9.12. The van der Waals surface area contributed by atoms with Crippen molar-refractivity contribution in [2.24, 2.45) is 0 Å². The Morgan fingerprint density at radius 2 is 1.79 bits per heavy atom. The maximum absolute atomic E-state index is 13.3. The largest absolute Gasteiger partial charge is 0.368 e. The summed E-state index contributed by atoms with van der Waals surface area (Å²) in [4.78, 5) is 9.29. The van der Waals surface area contributed by atoms with E-state index in [0.717, 1.165) is 46.5 Å². The molecule has 4 rings (SSSR count). The van der Waals surface area contributed by atoms with Crippen LogP contribution in [0, 0.1) is 12.7 Å². The quantitative estimate of drug-likeness (QED) is 0.658. The minimum atomic E-state index is -0.209. The highest BCUT2D eigenvalue weighted by Crippen LogP contribution is 2.31. The third-order valence-electron chi connectivity index (χ3n) is 4.40. The zero-order valence-corrected chi connectivity index (χ0v) is 14.9. The molecule has 0 unspecified atom stereocenters. The summed E-state index contributed by atoms with van der Waals surface area (Å²) in [7, 11) is 0. The number of aromatic nitrogens is 1. The fourth-order valence-electron chi connectivity index (χ4n) is 3.08. The van der Waals surface area contributed by atoms with E-state index in [-0.39, 0.29) is 5.82 Å². The third kappa shape index (κ3) is 2.94. The summed E-state index contributed by atoms with van der Waals surface area (Å²) in [6.45, 7) is 5.75. The fourth-order valence-corrected chi connectivity index (χ4v) is 4.29. The van der Waals surface area contributed by atoms with Gasteiger partial charge in [0.05, 0.1) is 10.2 Å². The normalized spacial score (nSPS) is 15.3. The summed E-state index contributed by atoms with van der Waals surface area (Å²) >= 11 is 7.70. The second-order valence-electron chi connectivity index (χ2n) is 6.01. The van der Waals surface area contributed by atoms with Gasteiger partial charge in [-0.3, -0.25) is 0 Å². The van der Waals surface area contributed by atoms with Gasteiger partial charge in [-0.25, -0.2) is 9.37 Å². The third-order valence-corrected chi connectivity index (χ3v) is 5.72. The summed E-state index contributed by atoms with van der Waals surface area (Å²) in [6, 6.07) is 10.8. The number of hydrogen-bond acceptors (Lipinski definition) is 4. The number of rotatable bonds is 2. The Morgan fingerprint density at radius 1 is 1.04 bits per heavy atom. The number of benzene rings is 2. The van der Waals surface area contributed by atoms with Crippen LogP contribution in [-0.4, -0.2) is 31.2 Å². The van der Waals surface area contributed by atoms with Gasteiger partial charge in [0, 0.05) is 36.9 Å². The second kappa shape index (κ2) is 6.22. The SMILES string of the molecule is Cc1ccc(Cl)cc1N1CCN(c2nc3ccc(F)cc3s2)CC1. The molecule has 124 valence electrons. The molecule has 0 aliphatic carbocycles. The van der Waals surface area contributed by atoms with Crippen molar-refractivity contribution in [3.8, 4) is 0 Å². The molecule has 3 aromatic rings. The van der Waals surface area contributed by atoms with Gasteiger partial charge in [0.15, 0.2) is 5.13 Å². The summed E-state index contributed by atoms with van der Waals surface area (Å²) in [6.07, 6.45) is 0. The molecule has 24 heavy (non-hydrogen) atoms. The monoisotopic (exact) mass is 361 g/mol. The summed E-state index contributed by atoms with van der Waals surface area (Å²) < 4.78 is 14.2. The molecule has 1 saturated heterocycles. The Morgan fingerprint density at radius 3 is 2.58 bits per heavy atom. The lowest BCUT2D eigenvalue weighted by Gasteiger charge is -2.36. The fraction of sp³-hybridized carbons (Fsp3) is 0.278. The number of anilines is 2. The van der Waals surface area contributed by atoms with Gasteiger partial charge in [0.25, 0.3) is 0 Å². The van der Waals surface area contributed by atoms with Crippen molar-refractivity contribution in [3.63, 3.8) is 0 Å². The van der Waals surface area contributed by atoms with Crippen LogP contribution in [0.25, 0.3) is 10.2 Å². The predicted octanol–water partition coefficient (Wildman–Crippen LogP) is 4.72. The van der Waals surface area contributed by atoms with Gasteiger partial charge < -0.3 is 9.80 Å². The Balaban J connectivity index is 1.51. The standard InChI is InChI=1S/C18H17ClFN3S/c1-12-2-3-13(19)10-16(12)22-6-8-23(9-7-22)18-21-15-5-4-14(20)11-17(15)24-18/h2-5,10-11H,6-9H2,1H3. The van der Waals surface area contributed by atoms with Crippen LogP contribution in [0.3, 0.4) is 0 Å². The summed E-state index contributed by atoms with van der Waals surface area (Å²) in [5, 5.41) is 1.74. The average Bonchev–Trinajstić information content (AvgIpc) is 3.00. The number of thiazole rings is 1. The minimum absolute atomic E-state index is 0.209. The molecule has 0 radical (unpaired) electrons. The van der Waals surface area contributed by atoms with E-state index in [4.69, 9.17) is 11.6 Å². The van der Waals surface area contributed by atoms with E-state index in [1.54, 1.807) is 23.5 Å². The molecule has 0 spiro atoms. The molecule has 0 bridgehead atoms. The van der Waals surface area contributed by atoms with E-state index < -0.39 is 0 Å². The van der Waals surface area contributed by atoms with E-state index in [1.165, 1.54) is 17.3 Å². The first kappa shape index (κ1) is 15.7. The smallest absolute Gasteiger partial charge is 0.186 e. The second-order valence-corrected chi connectivity index (χ2v) is 7.46. The lowest BCUT2D eigenvalue weighted by molar-refractivity contribution is 0.630. The first-order chi connectivity index (χ1) is 11.6. The molecule has 2 aromatic carbocycles. The zero-order chi connectivity index (χ0) is 16.7. The van der Waals surface area contributed by atoms with Crippen LogP contribution >= 0.6 is 22.9 Å². The predicted molar refractivity (Wildman–Crippen MR) is 100 cm³/mol. The van der Waals surface area contributed by atoms with Gasteiger partial charge >= 0.3 is 0 Å². The lowest BCUT2D eigenvalue weighted by Crippen LogP contribution is -2.46. The Hall–Kier alpha value is -1.85. The molecule has 0 saturated carbocycles. The Labute approximate surface area is 149 Å². The van der Waals surface area contributed by atoms with Gasteiger partial charge in [0.2, 0.25) is 0 Å². The highest BCUT2D eigenvalue weighted by atomic mass is 35.5. The number of hydrogen-bond donors (Lipinski definition) is 0. The van der Waals surface area contributed by atoms with Gasteiger partial charge in [-0.05, 0) is 42.8 Å². The van der Waals surface area contributed by atoms with Gasteiger partial charge in [0.1, 0.15) is 5.82 Å². The number of nitrogens with zero attached hydrogens (tertiary/aromatic N) is 3. The molecule has 6 heteroatoms. The molecule has 3 nitrogen and oxygen atoms in total. The molecular weight excluding hydrogens is 345 g/mol. The molecule has 0 atom stereocenters. The van der Waals surface area contributed by atoms with Crippen LogP contribution in [0.1, 0.15) is 5.56 Å². The van der Waals surface area contributed by atoms with Crippen molar-refractivity contribution < 1.29 is 4.39 Å². The maximum atomic E-state index is 13.3. The van der Waals surface area contributed by atoms with Crippen LogP contribution in [0.15, 0.2) is 36.4 Å². The molecule has 2 heterocycles. The van der Waals surface area contributed by atoms with Gasteiger partial charge in [-0.15, -0.1) is 0 Å². The van der Waals surface area contributed by atoms with E-state index in [0.29, 0.717) is 0 Å². The lowest BCUT2D eigenvalue weighted by atomic mass is 10.1. The molecule has 1 fully saturated rings. The number of halogens is 2. The number of fused-ring (bicyclic) bond motifs is 1. The van der Waals surface area contributed by atoms with E-state index >= 15 is 0 Å². The van der Waals surface area contributed by atoms with Crippen molar-refractivity contribution in [1.29, 1.82) is 0 Å². The van der Waals surface area contributed by atoms with Crippen LogP contribution in [0.4, 0.5) is 15.2 Å². The zero-order valence-electron chi connectivity index (χ0n) is 13.3. The Bertz CT molecular complexity index is 887. The highest BCUT2D eigenvalue weighted by molar-refractivity contribution is 7.22. The van der Waals surface area contributed by atoms with Crippen LogP contribution in [0.2, 0.25) is 5.02 Å². The van der Waals surface area contributed by atoms with Crippen LogP contribution < -0.4 is 9.80 Å².